The molecule has 110 valence electrons. The Labute approximate surface area is 115 Å². The lowest BCUT2D eigenvalue weighted by atomic mass is 9.94. The summed E-state index contributed by atoms with van der Waals surface area (Å²) in [7, 11) is 0. The molecule has 0 aliphatic heterocycles. The summed E-state index contributed by atoms with van der Waals surface area (Å²) in [5.74, 6) is 0.880. The zero-order chi connectivity index (χ0) is 13.5. The molecular weight excluding hydrogens is 220 g/mol. The Morgan fingerprint density at radius 2 is 1.39 bits per heavy atom. The third-order valence-electron chi connectivity index (χ3n) is 3.69. The van der Waals surface area contributed by atoms with E-state index in [1.165, 1.54) is 70.8 Å². The van der Waals surface area contributed by atoms with E-state index in [4.69, 9.17) is 5.73 Å². The first-order chi connectivity index (χ1) is 8.85. The van der Waals surface area contributed by atoms with Crippen molar-refractivity contribution in [2.24, 2.45) is 11.7 Å². The molecule has 0 spiro atoms. The fourth-order valence-electron chi connectivity index (χ4n) is 2.48. The van der Waals surface area contributed by atoms with Gasteiger partial charge in [-0.25, -0.2) is 0 Å². The molecule has 0 aliphatic rings. The summed E-state index contributed by atoms with van der Waals surface area (Å²) in [6.07, 6.45) is 14.0. The van der Waals surface area contributed by atoms with Gasteiger partial charge in [-0.2, -0.15) is 0 Å². The second-order valence-electron chi connectivity index (χ2n) is 5.56. The van der Waals surface area contributed by atoms with Crippen molar-refractivity contribution in [3.8, 4) is 0 Å². The summed E-state index contributed by atoms with van der Waals surface area (Å²) in [6, 6.07) is 0. The Kier molecular flexibility index (Phi) is 14.9. The first-order valence-corrected chi connectivity index (χ1v) is 8.25. The third kappa shape index (κ3) is 12.4. The van der Waals surface area contributed by atoms with Crippen LogP contribution >= 0.6 is 0 Å². The summed E-state index contributed by atoms with van der Waals surface area (Å²) in [6.45, 7) is 7.48. The van der Waals surface area contributed by atoms with E-state index in [9.17, 15) is 0 Å². The highest BCUT2D eigenvalue weighted by atomic mass is 14.9. The van der Waals surface area contributed by atoms with Crippen LogP contribution in [0.2, 0.25) is 0 Å². The van der Waals surface area contributed by atoms with Gasteiger partial charge in [0.1, 0.15) is 0 Å². The molecule has 18 heavy (non-hydrogen) atoms. The van der Waals surface area contributed by atoms with E-state index in [0.29, 0.717) is 0 Å². The molecule has 0 rings (SSSR count). The molecule has 0 fully saturated rings. The Bertz CT molecular complexity index is 136. The van der Waals surface area contributed by atoms with Crippen LogP contribution in [0.3, 0.4) is 0 Å². The van der Waals surface area contributed by atoms with Crippen LogP contribution in [-0.2, 0) is 0 Å². The highest BCUT2D eigenvalue weighted by Crippen LogP contribution is 2.17. The standard InChI is InChI=1S/C16H36N2/c1-3-5-7-9-11-16(15-18-14-13-17)12-10-8-6-4-2/h16,18H,3-15,17H2,1-2H3. The van der Waals surface area contributed by atoms with Crippen molar-refractivity contribution in [2.45, 2.75) is 78.1 Å². The maximum absolute atomic E-state index is 5.53. The predicted octanol–water partition coefficient (Wildman–Crippen LogP) is 4.09. The lowest BCUT2D eigenvalue weighted by Gasteiger charge is -2.17. The van der Waals surface area contributed by atoms with Crippen molar-refractivity contribution < 1.29 is 0 Å². The molecule has 0 saturated carbocycles. The molecule has 0 heterocycles. The van der Waals surface area contributed by atoms with Crippen molar-refractivity contribution in [1.29, 1.82) is 0 Å². The van der Waals surface area contributed by atoms with Gasteiger partial charge in [0.25, 0.3) is 0 Å². The van der Waals surface area contributed by atoms with Gasteiger partial charge in [0.05, 0.1) is 0 Å². The van der Waals surface area contributed by atoms with Crippen LogP contribution in [0.1, 0.15) is 78.1 Å². The van der Waals surface area contributed by atoms with Crippen LogP contribution in [-0.4, -0.2) is 19.6 Å². The summed E-state index contributed by atoms with van der Waals surface area (Å²) in [4.78, 5) is 0. The van der Waals surface area contributed by atoms with Gasteiger partial charge in [0.15, 0.2) is 0 Å². The number of nitrogens with one attached hydrogen (secondary N) is 1. The van der Waals surface area contributed by atoms with Gasteiger partial charge in [-0.1, -0.05) is 65.2 Å². The number of hydrogen-bond acceptors (Lipinski definition) is 2. The highest BCUT2D eigenvalue weighted by molar-refractivity contribution is 4.64. The molecule has 0 atom stereocenters. The summed E-state index contributed by atoms with van der Waals surface area (Å²) < 4.78 is 0. The van der Waals surface area contributed by atoms with Gasteiger partial charge in [-0.05, 0) is 25.3 Å². The maximum atomic E-state index is 5.53. The van der Waals surface area contributed by atoms with Gasteiger partial charge in [-0.15, -0.1) is 0 Å². The second-order valence-corrected chi connectivity index (χ2v) is 5.56. The van der Waals surface area contributed by atoms with Crippen LogP contribution in [0.15, 0.2) is 0 Å². The zero-order valence-electron chi connectivity index (χ0n) is 12.8. The van der Waals surface area contributed by atoms with Gasteiger partial charge < -0.3 is 11.1 Å². The van der Waals surface area contributed by atoms with E-state index in [0.717, 1.165) is 19.0 Å². The van der Waals surface area contributed by atoms with Crippen LogP contribution in [0.25, 0.3) is 0 Å². The summed E-state index contributed by atoms with van der Waals surface area (Å²) in [5.41, 5.74) is 5.53. The monoisotopic (exact) mass is 256 g/mol. The number of unbranched alkanes of at least 4 members (excludes halogenated alkanes) is 6. The second kappa shape index (κ2) is 15.0. The number of hydrogen-bond donors (Lipinski definition) is 2. The minimum Gasteiger partial charge on any atom is -0.329 e. The lowest BCUT2D eigenvalue weighted by Crippen LogP contribution is -2.28. The Balaban J connectivity index is 3.62. The molecule has 0 aliphatic carbocycles. The summed E-state index contributed by atoms with van der Waals surface area (Å²) in [5, 5.41) is 3.49. The van der Waals surface area contributed by atoms with Crippen LogP contribution in [0, 0.1) is 5.92 Å². The molecule has 0 bridgehead atoms. The molecule has 0 aromatic heterocycles. The first kappa shape index (κ1) is 17.9. The molecule has 0 aromatic carbocycles. The van der Waals surface area contributed by atoms with Crippen molar-refractivity contribution in [1.82, 2.24) is 5.32 Å². The average Bonchev–Trinajstić information content (AvgIpc) is 2.39. The van der Waals surface area contributed by atoms with Gasteiger partial charge in [0, 0.05) is 13.1 Å². The normalized spacial score (nSPS) is 11.3. The van der Waals surface area contributed by atoms with E-state index < -0.39 is 0 Å². The quantitative estimate of drug-likeness (QED) is 0.459. The smallest absolute Gasteiger partial charge is 0.00746 e. The van der Waals surface area contributed by atoms with Crippen molar-refractivity contribution >= 4 is 0 Å². The largest absolute Gasteiger partial charge is 0.329 e. The fourth-order valence-corrected chi connectivity index (χ4v) is 2.48. The molecule has 0 aromatic rings. The molecule has 3 N–H and O–H groups in total. The predicted molar refractivity (Wildman–Crippen MR) is 82.9 cm³/mol. The van der Waals surface area contributed by atoms with Gasteiger partial charge in [0.2, 0.25) is 0 Å². The Hall–Kier alpha value is -0.0800. The van der Waals surface area contributed by atoms with E-state index in [2.05, 4.69) is 19.2 Å². The number of rotatable bonds is 14. The van der Waals surface area contributed by atoms with E-state index in [-0.39, 0.29) is 0 Å². The van der Waals surface area contributed by atoms with Crippen molar-refractivity contribution in [3.05, 3.63) is 0 Å². The Morgan fingerprint density at radius 3 is 1.83 bits per heavy atom. The molecule has 0 amide bonds. The van der Waals surface area contributed by atoms with Crippen LogP contribution in [0.5, 0.6) is 0 Å². The number of nitrogens with two attached hydrogens (primary N) is 1. The molecule has 2 nitrogen and oxygen atoms in total. The summed E-state index contributed by atoms with van der Waals surface area (Å²) >= 11 is 0. The minimum atomic E-state index is 0.762. The van der Waals surface area contributed by atoms with E-state index in [1.54, 1.807) is 0 Å². The van der Waals surface area contributed by atoms with Crippen LogP contribution < -0.4 is 11.1 Å². The molecular formula is C16H36N2. The SMILES string of the molecule is CCCCCCC(CCCCCC)CNCCN. The van der Waals surface area contributed by atoms with E-state index >= 15 is 0 Å². The molecule has 0 radical (unpaired) electrons. The first-order valence-electron chi connectivity index (χ1n) is 8.25. The maximum Gasteiger partial charge on any atom is 0.00746 e. The highest BCUT2D eigenvalue weighted by Gasteiger charge is 2.07. The van der Waals surface area contributed by atoms with Gasteiger partial charge in [-0.3, -0.25) is 0 Å². The molecule has 2 heteroatoms. The van der Waals surface area contributed by atoms with Crippen molar-refractivity contribution in [2.75, 3.05) is 19.6 Å². The third-order valence-corrected chi connectivity index (χ3v) is 3.69. The van der Waals surface area contributed by atoms with E-state index in [1.807, 2.05) is 0 Å². The average molecular weight is 256 g/mol. The van der Waals surface area contributed by atoms with Crippen molar-refractivity contribution in [3.63, 3.8) is 0 Å². The fraction of sp³-hybridized carbons (Fsp3) is 1.00. The van der Waals surface area contributed by atoms with Gasteiger partial charge >= 0.3 is 0 Å². The topological polar surface area (TPSA) is 38.0 Å². The Morgan fingerprint density at radius 1 is 0.833 bits per heavy atom. The lowest BCUT2D eigenvalue weighted by molar-refractivity contribution is 0.386. The molecule has 0 unspecified atom stereocenters. The van der Waals surface area contributed by atoms with Crippen LogP contribution in [0.4, 0.5) is 0 Å². The zero-order valence-corrected chi connectivity index (χ0v) is 12.8. The minimum absolute atomic E-state index is 0.762. The molecule has 0 saturated heterocycles.